The lowest BCUT2D eigenvalue weighted by atomic mass is 10.1. The van der Waals surface area contributed by atoms with Crippen molar-refractivity contribution in [3.05, 3.63) is 69.5 Å². The van der Waals surface area contributed by atoms with Crippen LogP contribution in [0.1, 0.15) is 18.1 Å². The average molecular weight is 443 g/mol. The topological polar surface area (TPSA) is 49.4 Å². The summed E-state index contributed by atoms with van der Waals surface area (Å²) in [5.41, 5.74) is 1.11. The van der Waals surface area contributed by atoms with E-state index < -0.39 is 11.9 Å². The van der Waals surface area contributed by atoms with Crippen LogP contribution < -0.4 is 5.32 Å². The maximum absolute atomic E-state index is 13.9. The molecule has 2 aromatic rings. The molecule has 0 fully saturated rings. The molecule has 0 bridgehead atoms. The number of nitrogens with one attached hydrogen (secondary N) is 1. The molecule has 1 atom stereocenters. The molecule has 0 radical (unpaired) electrons. The summed E-state index contributed by atoms with van der Waals surface area (Å²) in [6, 6.07) is 11.0. The van der Waals surface area contributed by atoms with Gasteiger partial charge in [-0.05, 0) is 30.7 Å². The van der Waals surface area contributed by atoms with Crippen molar-refractivity contribution in [3.63, 3.8) is 0 Å². The third-order valence-corrected chi connectivity index (χ3v) is 5.91. The number of carbonyl (C=O) groups is 2. The molecule has 1 N–H and O–H groups in total. The van der Waals surface area contributed by atoms with E-state index in [9.17, 15) is 14.0 Å². The second-order valence-electron chi connectivity index (χ2n) is 6.10. The smallest absolute Gasteiger partial charge is 0.242 e. The number of halogens is 3. The van der Waals surface area contributed by atoms with Crippen molar-refractivity contribution >= 4 is 46.8 Å². The van der Waals surface area contributed by atoms with Crippen LogP contribution >= 0.6 is 35.0 Å². The zero-order chi connectivity index (χ0) is 20.7. The van der Waals surface area contributed by atoms with Crippen molar-refractivity contribution in [1.82, 2.24) is 10.2 Å². The van der Waals surface area contributed by atoms with Gasteiger partial charge in [-0.1, -0.05) is 47.5 Å². The highest BCUT2D eigenvalue weighted by Gasteiger charge is 2.26. The molecule has 1 unspecified atom stereocenters. The van der Waals surface area contributed by atoms with Crippen LogP contribution in [0.4, 0.5) is 4.39 Å². The summed E-state index contributed by atoms with van der Waals surface area (Å²) in [6.07, 6.45) is 0. The van der Waals surface area contributed by atoms with Crippen molar-refractivity contribution in [1.29, 1.82) is 0 Å². The van der Waals surface area contributed by atoms with Gasteiger partial charge in [-0.2, -0.15) is 0 Å². The first-order valence-corrected chi connectivity index (χ1v) is 10.5. The van der Waals surface area contributed by atoms with E-state index in [2.05, 4.69) is 5.32 Å². The van der Waals surface area contributed by atoms with Gasteiger partial charge < -0.3 is 10.2 Å². The quantitative estimate of drug-likeness (QED) is 0.653. The largest absolute Gasteiger partial charge is 0.357 e. The predicted molar refractivity (Wildman–Crippen MR) is 113 cm³/mol. The zero-order valence-corrected chi connectivity index (χ0v) is 17.9. The molecule has 8 heteroatoms. The van der Waals surface area contributed by atoms with Crippen LogP contribution in [0.3, 0.4) is 0 Å². The van der Waals surface area contributed by atoms with Gasteiger partial charge in [-0.25, -0.2) is 4.39 Å². The lowest BCUT2D eigenvalue weighted by Gasteiger charge is -2.28. The van der Waals surface area contributed by atoms with E-state index in [1.165, 1.54) is 35.8 Å². The second-order valence-corrected chi connectivity index (χ2v) is 7.90. The number of carbonyl (C=O) groups excluding carboxylic acids is 2. The molecule has 0 saturated heterocycles. The van der Waals surface area contributed by atoms with Crippen LogP contribution in [0.5, 0.6) is 0 Å². The SMILES string of the molecule is CNC(=O)C(C)N(Cc1ccccc1Cl)C(=O)CSCc1c(F)cccc1Cl. The Labute approximate surface area is 178 Å². The lowest BCUT2D eigenvalue weighted by molar-refractivity contribution is -0.138. The van der Waals surface area contributed by atoms with E-state index in [0.29, 0.717) is 15.6 Å². The minimum absolute atomic E-state index is 0.0798. The first-order valence-electron chi connectivity index (χ1n) is 8.60. The van der Waals surface area contributed by atoms with Crippen LogP contribution in [-0.4, -0.2) is 35.6 Å². The summed E-state index contributed by atoms with van der Waals surface area (Å²) >= 11 is 13.5. The molecule has 0 saturated carbocycles. The van der Waals surface area contributed by atoms with Crippen molar-refractivity contribution in [2.75, 3.05) is 12.8 Å². The Kier molecular flexibility index (Phi) is 8.60. The average Bonchev–Trinajstić information content (AvgIpc) is 2.68. The number of benzene rings is 2. The van der Waals surface area contributed by atoms with Crippen LogP contribution in [0.25, 0.3) is 0 Å². The maximum Gasteiger partial charge on any atom is 0.242 e. The molecule has 0 aliphatic rings. The van der Waals surface area contributed by atoms with E-state index in [1.807, 2.05) is 12.1 Å². The Bertz CT molecular complexity index is 830. The number of amides is 2. The molecular weight excluding hydrogens is 422 g/mol. The number of likely N-dealkylation sites (N-methyl/N-ethyl adjacent to an activating group) is 1. The summed E-state index contributed by atoms with van der Waals surface area (Å²) < 4.78 is 13.9. The van der Waals surface area contributed by atoms with Crippen molar-refractivity contribution in [3.8, 4) is 0 Å². The van der Waals surface area contributed by atoms with E-state index in [-0.39, 0.29) is 29.9 Å². The van der Waals surface area contributed by atoms with Gasteiger partial charge in [0.15, 0.2) is 0 Å². The van der Waals surface area contributed by atoms with Crippen molar-refractivity contribution in [2.24, 2.45) is 0 Å². The Morgan fingerprint density at radius 2 is 1.82 bits per heavy atom. The molecule has 2 rings (SSSR count). The molecule has 0 aliphatic heterocycles. The highest BCUT2D eigenvalue weighted by Crippen LogP contribution is 2.25. The number of hydrogen-bond acceptors (Lipinski definition) is 3. The number of rotatable bonds is 8. The first-order chi connectivity index (χ1) is 13.3. The van der Waals surface area contributed by atoms with Crippen molar-refractivity contribution < 1.29 is 14.0 Å². The predicted octanol–water partition coefficient (Wildman–Crippen LogP) is 4.53. The highest BCUT2D eigenvalue weighted by atomic mass is 35.5. The van der Waals surface area contributed by atoms with Crippen LogP contribution in [0.2, 0.25) is 10.0 Å². The third-order valence-electron chi connectivity index (χ3n) is 4.25. The summed E-state index contributed by atoms with van der Waals surface area (Å²) in [6.45, 7) is 1.86. The summed E-state index contributed by atoms with van der Waals surface area (Å²) in [4.78, 5) is 26.4. The molecule has 2 amide bonds. The molecule has 0 spiro atoms. The lowest BCUT2D eigenvalue weighted by Crippen LogP contribution is -2.47. The minimum atomic E-state index is -0.675. The number of thioether (sulfide) groups is 1. The van der Waals surface area contributed by atoms with Gasteiger partial charge in [0.2, 0.25) is 11.8 Å². The van der Waals surface area contributed by atoms with Gasteiger partial charge in [0.25, 0.3) is 0 Å². The summed E-state index contributed by atoms with van der Waals surface area (Å²) in [5, 5.41) is 3.41. The maximum atomic E-state index is 13.9. The van der Waals surface area contributed by atoms with Gasteiger partial charge in [-0.3, -0.25) is 9.59 Å². The molecule has 0 heterocycles. The number of hydrogen-bond donors (Lipinski definition) is 1. The standard InChI is InChI=1S/C20H21Cl2FN2O2S/c1-13(20(27)24-2)25(10-14-6-3-4-7-16(14)21)19(26)12-28-11-15-17(22)8-5-9-18(15)23/h3-9,13H,10-12H2,1-2H3,(H,24,27). The highest BCUT2D eigenvalue weighted by molar-refractivity contribution is 7.99. The van der Waals surface area contributed by atoms with E-state index in [1.54, 1.807) is 25.1 Å². The van der Waals surface area contributed by atoms with E-state index in [0.717, 1.165) is 5.56 Å². The van der Waals surface area contributed by atoms with Crippen LogP contribution in [0.15, 0.2) is 42.5 Å². The molecule has 2 aromatic carbocycles. The van der Waals surface area contributed by atoms with Gasteiger partial charge in [0, 0.05) is 35.0 Å². The zero-order valence-electron chi connectivity index (χ0n) is 15.5. The van der Waals surface area contributed by atoms with Gasteiger partial charge in [0.1, 0.15) is 11.9 Å². The van der Waals surface area contributed by atoms with E-state index >= 15 is 0 Å². The first kappa shape index (κ1) is 22.5. The minimum Gasteiger partial charge on any atom is -0.357 e. The fourth-order valence-corrected chi connectivity index (χ4v) is 4.04. The van der Waals surface area contributed by atoms with Gasteiger partial charge in [-0.15, -0.1) is 11.8 Å². The van der Waals surface area contributed by atoms with Gasteiger partial charge in [0.05, 0.1) is 5.75 Å². The summed E-state index contributed by atoms with van der Waals surface area (Å²) in [7, 11) is 1.52. The number of nitrogens with zero attached hydrogens (tertiary/aromatic N) is 1. The Morgan fingerprint density at radius 1 is 1.14 bits per heavy atom. The fourth-order valence-electron chi connectivity index (χ4n) is 2.60. The Balaban J connectivity index is 2.10. The van der Waals surface area contributed by atoms with Crippen molar-refractivity contribution in [2.45, 2.75) is 25.3 Å². The van der Waals surface area contributed by atoms with E-state index in [4.69, 9.17) is 23.2 Å². The Hall–Kier alpha value is -1.76. The summed E-state index contributed by atoms with van der Waals surface area (Å²) in [5.74, 6) is -0.586. The molecular formula is C20H21Cl2FN2O2S. The molecule has 0 aromatic heterocycles. The molecule has 0 aliphatic carbocycles. The van der Waals surface area contributed by atoms with Crippen LogP contribution in [-0.2, 0) is 21.9 Å². The fraction of sp³-hybridized carbons (Fsp3) is 0.300. The Morgan fingerprint density at radius 3 is 2.46 bits per heavy atom. The third kappa shape index (κ3) is 5.87. The monoisotopic (exact) mass is 442 g/mol. The molecule has 28 heavy (non-hydrogen) atoms. The van der Waals surface area contributed by atoms with Crippen LogP contribution in [0, 0.1) is 5.82 Å². The normalized spacial score (nSPS) is 11.8. The second kappa shape index (κ2) is 10.7. The molecule has 150 valence electrons. The van der Waals surface area contributed by atoms with Gasteiger partial charge >= 0.3 is 0 Å². The molecule has 4 nitrogen and oxygen atoms in total.